The Labute approximate surface area is 69.8 Å². The third-order valence-corrected chi connectivity index (χ3v) is 0.992. The first-order valence-corrected chi connectivity index (χ1v) is 3.39. The van der Waals surface area contributed by atoms with Gasteiger partial charge in [-0.2, -0.15) is 0 Å². The van der Waals surface area contributed by atoms with E-state index >= 15 is 0 Å². The second-order valence-corrected chi connectivity index (χ2v) is 2.05. The molecular formula is C8H10O4. The van der Waals surface area contributed by atoms with E-state index in [0.29, 0.717) is 6.42 Å². The van der Waals surface area contributed by atoms with Crippen molar-refractivity contribution in [2.24, 2.45) is 0 Å². The Hall–Kier alpha value is -1.58. The van der Waals surface area contributed by atoms with Gasteiger partial charge in [0.05, 0.1) is 6.42 Å². The molecule has 0 fully saturated rings. The lowest BCUT2D eigenvalue weighted by molar-refractivity contribution is -0.136. The van der Waals surface area contributed by atoms with E-state index in [1.165, 1.54) is 12.2 Å². The Morgan fingerprint density at radius 1 is 1.08 bits per heavy atom. The van der Waals surface area contributed by atoms with Crippen LogP contribution in [0.5, 0.6) is 0 Å². The van der Waals surface area contributed by atoms with E-state index in [-0.39, 0.29) is 6.42 Å². The Bertz CT molecular complexity index is 215. The highest BCUT2D eigenvalue weighted by Crippen LogP contribution is 1.89. The number of carboxylic acid groups (broad SMARTS) is 2. The van der Waals surface area contributed by atoms with Crippen LogP contribution in [0.4, 0.5) is 0 Å². The second kappa shape index (κ2) is 6.15. The standard InChI is InChI=1S/C8H10O4/c9-7(10)5-3-1-2-4-6-8(11)12/h1,3-4,6H,2,5H2,(H,9,10)(H,11,12). The van der Waals surface area contributed by atoms with E-state index in [4.69, 9.17) is 10.2 Å². The molecule has 2 N–H and O–H groups in total. The average Bonchev–Trinajstić information content (AvgIpc) is 1.95. The molecule has 0 radical (unpaired) electrons. The lowest BCUT2D eigenvalue weighted by atomic mass is 10.3. The van der Waals surface area contributed by atoms with Crippen molar-refractivity contribution >= 4 is 11.9 Å². The van der Waals surface area contributed by atoms with E-state index in [9.17, 15) is 9.59 Å². The highest BCUT2D eigenvalue weighted by molar-refractivity contribution is 5.79. The summed E-state index contributed by atoms with van der Waals surface area (Å²) in [5.41, 5.74) is 0. The van der Waals surface area contributed by atoms with Crippen LogP contribution in [0.3, 0.4) is 0 Å². The molecule has 4 heteroatoms. The van der Waals surface area contributed by atoms with Gasteiger partial charge in [-0.15, -0.1) is 0 Å². The predicted molar refractivity (Wildman–Crippen MR) is 42.8 cm³/mol. The van der Waals surface area contributed by atoms with E-state index in [0.717, 1.165) is 6.08 Å². The van der Waals surface area contributed by atoms with Gasteiger partial charge >= 0.3 is 11.9 Å². The smallest absolute Gasteiger partial charge is 0.327 e. The zero-order valence-electron chi connectivity index (χ0n) is 6.43. The molecule has 0 unspecified atom stereocenters. The number of aliphatic carboxylic acids is 2. The normalized spacial score (nSPS) is 11.0. The Morgan fingerprint density at radius 3 is 2.25 bits per heavy atom. The van der Waals surface area contributed by atoms with Crippen molar-refractivity contribution in [3.63, 3.8) is 0 Å². The van der Waals surface area contributed by atoms with Crippen LogP contribution in [-0.2, 0) is 9.59 Å². The molecule has 0 aliphatic rings. The highest BCUT2D eigenvalue weighted by Gasteiger charge is 1.87. The van der Waals surface area contributed by atoms with Crippen LogP contribution in [0, 0.1) is 0 Å². The molecule has 0 atom stereocenters. The van der Waals surface area contributed by atoms with Crippen molar-refractivity contribution in [3.8, 4) is 0 Å². The minimum Gasteiger partial charge on any atom is -0.481 e. The minimum atomic E-state index is -0.998. The molecule has 0 aliphatic carbocycles. The van der Waals surface area contributed by atoms with Gasteiger partial charge in [-0.05, 0) is 6.42 Å². The largest absolute Gasteiger partial charge is 0.481 e. The van der Waals surface area contributed by atoms with Crippen molar-refractivity contribution in [1.82, 2.24) is 0 Å². The van der Waals surface area contributed by atoms with Crippen LogP contribution < -0.4 is 0 Å². The van der Waals surface area contributed by atoms with Crippen LogP contribution in [0.2, 0.25) is 0 Å². The summed E-state index contributed by atoms with van der Waals surface area (Å²) in [5.74, 6) is -1.89. The number of allylic oxidation sites excluding steroid dienone is 2. The Balaban J connectivity index is 3.49. The van der Waals surface area contributed by atoms with E-state index in [2.05, 4.69) is 0 Å². The van der Waals surface area contributed by atoms with E-state index in [1.54, 1.807) is 6.08 Å². The number of carbonyl (C=O) groups is 2. The summed E-state index contributed by atoms with van der Waals surface area (Å²) in [6, 6.07) is 0. The van der Waals surface area contributed by atoms with Gasteiger partial charge < -0.3 is 10.2 Å². The average molecular weight is 170 g/mol. The van der Waals surface area contributed by atoms with Gasteiger partial charge in [-0.25, -0.2) is 4.79 Å². The van der Waals surface area contributed by atoms with Gasteiger partial charge in [0.2, 0.25) is 0 Å². The third kappa shape index (κ3) is 8.42. The van der Waals surface area contributed by atoms with E-state index < -0.39 is 11.9 Å². The van der Waals surface area contributed by atoms with Crippen LogP contribution in [0.15, 0.2) is 24.3 Å². The van der Waals surface area contributed by atoms with Crippen molar-refractivity contribution in [1.29, 1.82) is 0 Å². The number of rotatable bonds is 5. The topological polar surface area (TPSA) is 74.6 Å². The summed E-state index contributed by atoms with van der Waals surface area (Å²) in [5, 5.41) is 16.3. The molecule has 0 aromatic rings. The summed E-state index contributed by atoms with van der Waals surface area (Å²) >= 11 is 0. The van der Waals surface area contributed by atoms with Crippen molar-refractivity contribution in [2.45, 2.75) is 12.8 Å². The molecule has 66 valence electrons. The maximum absolute atomic E-state index is 9.98. The van der Waals surface area contributed by atoms with Gasteiger partial charge in [0.25, 0.3) is 0 Å². The maximum Gasteiger partial charge on any atom is 0.327 e. The maximum atomic E-state index is 9.98. The molecule has 0 saturated carbocycles. The summed E-state index contributed by atoms with van der Waals surface area (Å²) in [4.78, 5) is 19.9. The van der Waals surface area contributed by atoms with Gasteiger partial charge in [-0.1, -0.05) is 18.2 Å². The molecule has 0 aromatic heterocycles. The molecule has 0 saturated heterocycles. The molecule has 0 rings (SSSR count). The molecule has 0 amide bonds. The van der Waals surface area contributed by atoms with Crippen molar-refractivity contribution in [3.05, 3.63) is 24.3 Å². The van der Waals surface area contributed by atoms with Crippen LogP contribution in [0.1, 0.15) is 12.8 Å². The number of carboxylic acids is 2. The zero-order valence-corrected chi connectivity index (χ0v) is 6.43. The highest BCUT2D eigenvalue weighted by atomic mass is 16.4. The van der Waals surface area contributed by atoms with Gasteiger partial charge in [0.15, 0.2) is 0 Å². The van der Waals surface area contributed by atoms with Crippen LogP contribution in [0.25, 0.3) is 0 Å². The quantitative estimate of drug-likeness (QED) is 0.477. The molecule has 0 bridgehead atoms. The Morgan fingerprint density at radius 2 is 1.75 bits per heavy atom. The number of hydrogen-bond acceptors (Lipinski definition) is 2. The first kappa shape index (κ1) is 10.4. The SMILES string of the molecule is O=C(O)C=CCC=CCC(=O)O. The predicted octanol–water partition coefficient (Wildman–Crippen LogP) is 1.05. The fraction of sp³-hybridized carbons (Fsp3) is 0.250. The molecule has 0 spiro atoms. The van der Waals surface area contributed by atoms with E-state index in [1.807, 2.05) is 0 Å². The molecule has 12 heavy (non-hydrogen) atoms. The summed E-state index contributed by atoms with van der Waals surface area (Å²) < 4.78 is 0. The minimum absolute atomic E-state index is 0.0269. The molecule has 0 heterocycles. The fourth-order valence-electron chi connectivity index (χ4n) is 0.528. The van der Waals surface area contributed by atoms with Crippen LogP contribution >= 0.6 is 0 Å². The van der Waals surface area contributed by atoms with Gasteiger partial charge in [-0.3, -0.25) is 4.79 Å². The van der Waals surface area contributed by atoms with Crippen molar-refractivity contribution < 1.29 is 19.8 Å². The lowest BCUT2D eigenvalue weighted by Crippen LogP contribution is -1.89. The zero-order chi connectivity index (χ0) is 9.40. The third-order valence-electron chi connectivity index (χ3n) is 0.992. The van der Waals surface area contributed by atoms with Crippen LogP contribution in [-0.4, -0.2) is 22.2 Å². The Kier molecular flexibility index (Phi) is 5.34. The number of hydrogen-bond donors (Lipinski definition) is 2. The lowest BCUT2D eigenvalue weighted by Gasteiger charge is -1.82. The second-order valence-electron chi connectivity index (χ2n) is 2.05. The molecule has 0 aliphatic heterocycles. The summed E-state index contributed by atoms with van der Waals surface area (Å²) in [6.07, 6.45) is 5.97. The van der Waals surface area contributed by atoms with Crippen molar-refractivity contribution in [2.75, 3.05) is 0 Å². The first-order valence-electron chi connectivity index (χ1n) is 3.39. The van der Waals surface area contributed by atoms with Gasteiger partial charge in [0.1, 0.15) is 0 Å². The first-order chi connectivity index (χ1) is 5.63. The summed E-state index contributed by atoms with van der Waals surface area (Å²) in [7, 11) is 0. The fourth-order valence-corrected chi connectivity index (χ4v) is 0.528. The monoisotopic (exact) mass is 170 g/mol. The molecule has 4 nitrogen and oxygen atoms in total. The summed E-state index contributed by atoms with van der Waals surface area (Å²) in [6.45, 7) is 0. The van der Waals surface area contributed by atoms with Gasteiger partial charge in [0, 0.05) is 6.08 Å². The molecule has 0 aromatic carbocycles. The molecular weight excluding hydrogens is 160 g/mol.